The molecule has 1 aromatic heterocycles. The summed E-state index contributed by atoms with van der Waals surface area (Å²) in [6.07, 6.45) is 5.74. The van der Waals surface area contributed by atoms with Crippen LogP contribution in [0.5, 0.6) is 0 Å². The van der Waals surface area contributed by atoms with Gasteiger partial charge in [-0.25, -0.2) is 4.98 Å². The summed E-state index contributed by atoms with van der Waals surface area (Å²) in [6.45, 7) is 5.09. The zero-order valence-electron chi connectivity index (χ0n) is 12.7. The van der Waals surface area contributed by atoms with Gasteiger partial charge in [0.2, 0.25) is 5.91 Å². The van der Waals surface area contributed by atoms with Crippen molar-refractivity contribution in [2.75, 3.05) is 40.0 Å². The first kappa shape index (κ1) is 14.5. The van der Waals surface area contributed by atoms with Crippen molar-refractivity contribution >= 4 is 5.91 Å². The molecule has 1 aromatic rings. The standard InChI is InChI=1S/C15H23N3O3/c1-12-7-16-11-18(12)13-3-5-17(6-4-13)14(19)15(8-20-2)9-21-10-15/h7,11,13H,3-6,8-10H2,1-2H3. The Morgan fingerprint density at radius 2 is 2.19 bits per heavy atom. The van der Waals surface area contributed by atoms with Crippen molar-refractivity contribution in [3.05, 3.63) is 18.2 Å². The molecule has 0 bridgehead atoms. The predicted octanol–water partition coefficient (Wildman–Crippen LogP) is 1.02. The van der Waals surface area contributed by atoms with E-state index in [9.17, 15) is 4.79 Å². The van der Waals surface area contributed by atoms with Crippen LogP contribution in [0.2, 0.25) is 0 Å². The minimum atomic E-state index is -0.438. The van der Waals surface area contributed by atoms with E-state index in [1.807, 2.05) is 17.4 Å². The van der Waals surface area contributed by atoms with Crippen LogP contribution in [-0.2, 0) is 14.3 Å². The van der Waals surface area contributed by atoms with E-state index in [-0.39, 0.29) is 5.91 Å². The third-order valence-electron chi connectivity index (χ3n) is 4.64. The van der Waals surface area contributed by atoms with Gasteiger partial charge in [0.1, 0.15) is 5.41 Å². The molecule has 0 spiro atoms. The van der Waals surface area contributed by atoms with Gasteiger partial charge in [-0.1, -0.05) is 0 Å². The van der Waals surface area contributed by atoms with E-state index >= 15 is 0 Å². The summed E-state index contributed by atoms with van der Waals surface area (Å²) < 4.78 is 12.7. The number of carbonyl (C=O) groups excluding carboxylic acids is 1. The average molecular weight is 293 g/mol. The van der Waals surface area contributed by atoms with Crippen molar-refractivity contribution in [2.24, 2.45) is 5.41 Å². The van der Waals surface area contributed by atoms with E-state index in [1.54, 1.807) is 7.11 Å². The number of nitrogens with zero attached hydrogens (tertiary/aromatic N) is 3. The quantitative estimate of drug-likeness (QED) is 0.831. The van der Waals surface area contributed by atoms with Gasteiger partial charge in [0, 0.05) is 38.1 Å². The Kier molecular flexibility index (Phi) is 3.99. The zero-order valence-corrected chi connectivity index (χ0v) is 12.7. The summed E-state index contributed by atoms with van der Waals surface area (Å²) in [7, 11) is 1.64. The Bertz CT molecular complexity index is 502. The van der Waals surface area contributed by atoms with Crippen LogP contribution in [0.15, 0.2) is 12.5 Å². The number of aryl methyl sites for hydroxylation is 1. The second-order valence-electron chi connectivity index (χ2n) is 6.17. The number of piperidine rings is 1. The van der Waals surface area contributed by atoms with Crippen molar-refractivity contribution in [2.45, 2.75) is 25.8 Å². The van der Waals surface area contributed by atoms with Crippen LogP contribution in [0.25, 0.3) is 0 Å². The van der Waals surface area contributed by atoms with Crippen LogP contribution < -0.4 is 0 Å². The highest BCUT2D eigenvalue weighted by molar-refractivity contribution is 5.84. The normalized spacial score (nSPS) is 22.1. The van der Waals surface area contributed by atoms with E-state index in [0.29, 0.717) is 25.9 Å². The van der Waals surface area contributed by atoms with Gasteiger partial charge in [0.05, 0.1) is 26.1 Å². The highest BCUT2D eigenvalue weighted by Crippen LogP contribution is 2.33. The van der Waals surface area contributed by atoms with Gasteiger partial charge in [-0.2, -0.15) is 0 Å². The maximum absolute atomic E-state index is 12.7. The molecular formula is C15H23N3O3. The average Bonchev–Trinajstić information content (AvgIpc) is 2.88. The lowest BCUT2D eigenvalue weighted by Crippen LogP contribution is -2.58. The molecule has 2 aliphatic heterocycles. The van der Waals surface area contributed by atoms with Crippen LogP contribution in [-0.4, -0.2) is 60.4 Å². The van der Waals surface area contributed by atoms with Gasteiger partial charge < -0.3 is 18.9 Å². The molecule has 0 aromatic carbocycles. The summed E-state index contributed by atoms with van der Waals surface area (Å²) >= 11 is 0. The number of carbonyl (C=O) groups is 1. The van der Waals surface area contributed by atoms with Crippen LogP contribution in [0.3, 0.4) is 0 Å². The van der Waals surface area contributed by atoms with Crippen molar-refractivity contribution in [1.29, 1.82) is 0 Å². The Morgan fingerprint density at radius 1 is 1.48 bits per heavy atom. The van der Waals surface area contributed by atoms with E-state index in [2.05, 4.69) is 16.5 Å². The fourth-order valence-electron chi connectivity index (χ4n) is 3.33. The molecule has 116 valence electrons. The van der Waals surface area contributed by atoms with Crippen LogP contribution in [0, 0.1) is 12.3 Å². The predicted molar refractivity (Wildman–Crippen MR) is 76.9 cm³/mol. The number of imidazole rings is 1. The summed E-state index contributed by atoms with van der Waals surface area (Å²) in [4.78, 5) is 18.9. The Labute approximate surface area is 125 Å². The van der Waals surface area contributed by atoms with E-state index in [1.165, 1.54) is 5.69 Å². The SMILES string of the molecule is COCC1(C(=O)N2CCC(n3cncc3C)CC2)COC1. The number of amides is 1. The monoisotopic (exact) mass is 293 g/mol. The van der Waals surface area contributed by atoms with E-state index in [4.69, 9.17) is 9.47 Å². The van der Waals surface area contributed by atoms with Gasteiger partial charge in [0.15, 0.2) is 0 Å². The highest BCUT2D eigenvalue weighted by atomic mass is 16.5. The van der Waals surface area contributed by atoms with Crippen LogP contribution >= 0.6 is 0 Å². The van der Waals surface area contributed by atoms with Gasteiger partial charge in [-0.05, 0) is 19.8 Å². The molecule has 2 saturated heterocycles. The minimum absolute atomic E-state index is 0.191. The molecule has 2 aliphatic rings. The first-order valence-corrected chi connectivity index (χ1v) is 7.51. The lowest BCUT2D eigenvalue weighted by molar-refractivity contribution is -0.183. The van der Waals surface area contributed by atoms with Crippen molar-refractivity contribution < 1.29 is 14.3 Å². The summed E-state index contributed by atoms with van der Waals surface area (Å²) in [6, 6.07) is 0.451. The fourth-order valence-corrected chi connectivity index (χ4v) is 3.33. The van der Waals surface area contributed by atoms with Crippen LogP contribution in [0.4, 0.5) is 0 Å². The maximum Gasteiger partial charge on any atom is 0.235 e. The molecule has 3 heterocycles. The van der Waals surface area contributed by atoms with Crippen molar-refractivity contribution in [1.82, 2.24) is 14.5 Å². The van der Waals surface area contributed by atoms with Gasteiger partial charge in [-0.15, -0.1) is 0 Å². The number of ether oxygens (including phenoxy) is 2. The number of rotatable bonds is 4. The Hall–Kier alpha value is -1.40. The highest BCUT2D eigenvalue weighted by Gasteiger charge is 2.48. The second kappa shape index (κ2) is 5.77. The van der Waals surface area contributed by atoms with Gasteiger partial charge >= 0.3 is 0 Å². The molecule has 1 amide bonds. The molecule has 2 fully saturated rings. The van der Waals surface area contributed by atoms with Crippen molar-refractivity contribution in [3.8, 4) is 0 Å². The largest absolute Gasteiger partial charge is 0.383 e. The number of likely N-dealkylation sites (tertiary alicyclic amines) is 1. The van der Waals surface area contributed by atoms with E-state index in [0.717, 1.165) is 25.9 Å². The van der Waals surface area contributed by atoms with Gasteiger partial charge in [0.25, 0.3) is 0 Å². The third-order valence-corrected chi connectivity index (χ3v) is 4.64. The topological polar surface area (TPSA) is 56.6 Å². The molecule has 0 aliphatic carbocycles. The first-order valence-electron chi connectivity index (χ1n) is 7.51. The second-order valence-corrected chi connectivity index (χ2v) is 6.17. The molecule has 3 rings (SSSR count). The molecule has 6 nitrogen and oxygen atoms in total. The summed E-state index contributed by atoms with van der Waals surface area (Å²) in [5, 5.41) is 0. The fraction of sp³-hybridized carbons (Fsp3) is 0.733. The molecule has 0 atom stereocenters. The molecule has 6 heteroatoms. The number of hydrogen-bond donors (Lipinski definition) is 0. The lowest BCUT2D eigenvalue weighted by atomic mass is 9.84. The van der Waals surface area contributed by atoms with Gasteiger partial charge in [-0.3, -0.25) is 4.79 Å². The number of aromatic nitrogens is 2. The lowest BCUT2D eigenvalue weighted by Gasteiger charge is -2.44. The summed E-state index contributed by atoms with van der Waals surface area (Å²) in [5.74, 6) is 0.191. The smallest absolute Gasteiger partial charge is 0.235 e. The number of methoxy groups -OCH3 is 1. The summed E-state index contributed by atoms with van der Waals surface area (Å²) in [5.41, 5.74) is 0.745. The van der Waals surface area contributed by atoms with Crippen LogP contribution in [0.1, 0.15) is 24.6 Å². The Balaban J connectivity index is 1.61. The molecule has 0 unspecified atom stereocenters. The molecule has 0 N–H and O–H groups in total. The zero-order chi connectivity index (χ0) is 14.9. The molecule has 21 heavy (non-hydrogen) atoms. The first-order chi connectivity index (χ1) is 10.2. The van der Waals surface area contributed by atoms with E-state index < -0.39 is 5.41 Å². The van der Waals surface area contributed by atoms with Crippen molar-refractivity contribution in [3.63, 3.8) is 0 Å². The maximum atomic E-state index is 12.7. The Morgan fingerprint density at radius 3 is 2.67 bits per heavy atom. The third kappa shape index (κ3) is 2.58. The molecular weight excluding hydrogens is 270 g/mol. The molecule has 0 saturated carbocycles. The molecule has 0 radical (unpaired) electrons. The minimum Gasteiger partial charge on any atom is -0.383 e. The number of hydrogen-bond acceptors (Lipinski definition) is 4.